The van der Waals surface area contributed by atoms with Crippen molar-refractivity contribution in [1.29, 1.82) is 5.26 Å². The van der Waals surface area contributed by atoms with Crippen molar-refractivity contribution in [3.63, 3.8) is 0 Å². The SMILES string of the molecule is N#C/C(=C/N1CCC(C(=O)O)CC1)C(=O)Nc1ccccc1Cl. The number of carbonyl (C=O) groups is 2. The number of likely N-dealkylation sites (tertiary alicyclic amines) is 1. The molecule has 0 radical (unpaired) electrons. The van der Waals surface area contributed by atoms with E-state index >= 15 is 0 Å². The van der Waals surface area contributed by atoms with Gasteiger partial charge < -0.3 is 15.3 Å². The number of rotatable bonds is 4. The molecule has 0 bridgehead atoms. The van der Waals surface area contributed by atoms with Gasteiger partial charge in [0, 0.05) is 19.3 Å². The summed E-state index contributed by atoms with van der Waals surface area (Å²) in [5, 5.41) is 21.1. The predicted octanol–water partition coefficient (Wildman–Crippen LogP) is 2.48. The topological polar surface area (TPSA) is 93.4 Å². The molecule has 1 aromatic carbocycles. The Kier molecular flexibility index (Phi) is 5.61. The van der Waals surface area contributed by atoms with E-state index < -0.39 is 11.9 Å². The molecule has 23 heavy (non-hydrogen) atoms. The van der Waals surface area contributed by atoms with Gasteiger partial charge in [0.25, 0.3) is 5.91 Å². The third-order valence-electron chi connectivity index (χ3n) is 3.68. The second-order valence-corrected chi connectivity index (χ2v) is 5.64. The van der Waals surface area contributed by atoms with E-state index in [1.807, 2.05) is 6.07 Å². The van der Waals surface area contributed by atoms with Crippen LogP contribution in [0.2, 0.25) is 5.02 Å². The van der Waals surface area contributed by atoms with E-state index in [-0.39, 0.29) is 11.5 Å². The first kappa shape index (κ1) is 16.8. The number of nitrogens with zero attached hydrogens (tertiary/aromatic N) is 2. The van der Waals surface area contributed by atoms with Crippen molar-refractivity contribution >= 4 is 29.2 Å². The number of para-hydroxylation sites is 1. The summed E-state index contributed by atoms with van der Waals surface area (Å²) in [5.74, 6) is -1.70. The monoisotopic (exact) mass is 333 g/mol. The van der Waals surface area contributed by atoms with Gasteiger partial charge in [-0.05, 0) is 25.0 Å². The number of carboxylic acids is 1. The second-order valence-electron chi connectivity index (χ2n) is 5.24. The lowest BCUT2D eigenvalue weighted by Gasteiger charge is -2.29. The van der Waals surface area contributed by atoms with Crippen LogP contribution in [0.4, 0.5) is 5.69 Å². The minimum atomic E-state index is -0.800. The summed E-state index contributed by atoms with van der Waals surface area (Å²) in [4.78, 5) is 24.9. The summed E-state index contributed by atoms with van der Waals surface area (Å²) in [7, 11) is 0. The molecule has 6 nitrogen and oxygen atoms in total. The maximum absolute atomic E-state index is 12.2. The molecule has 0 atom stereocenters. The number of halogens is 1. The number of carbonyl (C=O) groups excluding carboxylic acids is 1. The third kappa shape index (κ3) is 4.47. The van der Waals surface area contributed by atoms with Crippen molar-refractivity contribution in [3.05, 3.63) is 41.1 Å². The molecular formula is C16H16ClN3O3. The van der Waals surface area contributed by atoms with Crippen molar-refractivity contribution < 1.29 is 14.7 Å². The first-order valence-electron chi connectivity index (χ1n) is 7.16. The van der Waals surface area contributed by atoms with Crippen LogP contribution in [0.25, 0.3) is 0 Å². The molecule has 2 N–H and O–H groups in total. The van der Waals surface area contributed by atoms with E-state index in [0.717, 1.165) is 0 Å². The molecule has 1 heterocycles. The van der Waals surface area contributed by atoms with Gasteiger partial charge in [0.05, 0.1) is 16.6 Å². The summed E-state index contributed by atoms with van der Waals surface area (Å²) in [6.07, 6.45) is 2.47. The Hall–Kier alpha value is -2.52. The Labute approximate surface area is 139 Å². The molecule has 0 unspecified atom stereocenters. The number of hydrogen-bond donors (Lipinski definition) is 2. The van der Waals surface area contributed by atoms with Crippen LogP contribution in [-0.4, -0.2) is 35.0 Å². The fraction of sp³-hybridized carbons (Fsp3) is 0.312. The van der Waals surface area contributed by atoms with Crippen LogP contribution in [0.3, 0.4) is 0 Å². The summed E-state index contributed by atoms with van der Waals surface area (Å²) >= 11 is 5.97. The highest BCUT2D eigenvalue weighted by Gasteiger charge is 2.24. The van der Waals surface area contributed by atoms with Gasteiger partial charge in [-0.15, -0.1) is 0 Å². The molecule has 1 aliphatic heterocycles. The zero-order valence-electron chi connectivity index (χ0n) is 12.3. The number of nitriles is 1. The van der Waals surface area contributed by atoms with Gasteiger partial charge in [-0.3, -0.25) is 9.59 Å². The lowest BCUT2D eigenvalue weighted by atomic mass is 9.97. The van der Waals surface area contributed by atoms with Crippen LogP contribution in [0.5, 0.6) is 0 Å². The standard InChI is InChI=1S/C16H16ClN3O3/c17-13-3-1-2-4-14(13)19-15(21)12(9-18)10-20-7-5-11(6-8-20)16(22)23/h1-4,10-11H,5-8H2,(H,19,21)(H,22,23)/b12-10-. The van der Waals surface area contributed by atoms with Gasteiger partial charge in [-0.1, -0.05) is 23.7 Å². The number of hydrogen-bond acceptors (Lipinski definition) is 4. The van der Waals surface area contributed by atoms with E-state index in [1.165, 1.54) is 6.20 Å². The Morgan fingerprint density at radius 2 is 2.00 bits per heavy atom. The van der Waals surface area contributed by atoms with Gasteiger partial charge in [0.1, 0.15) is 11.6 Å². The van der Waals surface area contributed by atoms with Crippen LogP contribution in [0.15, 0.2) is 36.0 Å². The quantitative estimate of drug-likeness (QED) is 0.652. The Morgan fingerprint density at radius 3 is 2.57 bits per heavy atom. The Morgan fingerprint density at radius 1 is 1.35 bits per heavy atom. The molecule has 1 fully saturated rings. The number of anilines is 1. The van der Waals surface area contributed by atoms with Crippen molar-refractivity contribution in [3.8, 4) is 6.07 Å². The van der Waals surface area contributed by atoms with E-state index in [2.05, 4.69) is 5.32 Å². The number of benzene rings is 1. The first-order chi connectivity index (χ1) is 11.0. The first-order valence-corrected chi connectivity index (χ1v) is 7.53. The van der Waals surface area contributed by atoms with Crippen molar-refractivity contribution in [2.45, 2.75) is 12.8 Å². The van der Waals surface area contributed by atoms with Gasteiger partial charge in [0.2, 0.25) is 0 Å². The van der Waals surface area contributed by atoms with Gasteiger partial charge in [0.15, 0.2) is 0 Å². The minimum Gasteiger partial charge on any atom is -0.481 e. The van der Waals surface area contributed by atoms with Crippen molar-refractivity contribution in [2.24, 2.45) is 5.92 Å². The van der Waals surface area contributed by atoms with Gasteiger partial charge in [-0.2, -0.15) is 5.26 Å². The van der Waals surface area contributed by atoms with Crippen LogP contribution >= 0.6 is 11.6 Å². The highest BCUT2D eigenvalue weighted by Crippen LogP contribution is 2.22. The molecule has 1 amide bonds. The van der Waals surface area contributed by atoms with Crippen LogP contribution in [-0.2, 0) is 9.59 Å². The average Bonchev–Trinajstić information content (AvgIpc) is 2.55. The molecule has 7 heteroatoms. The number of piperidine rings is 1. The maximum atomic E-state index is 12.2. The van der Waals surface area contributed by atoms with E-state index in [1.54, 1.807) is 29.2 Å². The molecular weight excluding hydrogens is 318 g/mol. The van der Waals surface area contributed by atoms with Crippen LogP contribution in [0, 0.1) is 17.2 Å². The molecule has 1 saturated heterocycles. The molecule has 0 saturated carbocycles. The fourth-order valence-corrected chi connectivity index (χ4v) is 2.53. The third-order valence-corrected chi connectivity index (χ3v) is 4.01. The average molecular weight is 334 g/mol. The zero-order valence-corrected chi connectivity index (χ0v) is 13.1. The Balaban J connectivity index is 2.02. The van der Waals surface area contributed by atoms with Gasteiger partial charge in [-0.25, -0.2) is 0 Å². The predicted molar refractivity (Wildman–Crippen MR) is 85.7 cm³/mol. The molecule has 120 valence electrons. The van der Waals surface area contributed by atoms with E-state index in [0.29, 0.717) is 36.6 Å². The van der Waals surface area contributed by atoms with Crippen LogP contribution < -0.4 is 5.32 Å². The number of aliphatic carboxylic acids is 1. The summed E-state index contributed by atoms with van der Waals surface area (Å²) in [6, 6.07) is 8.63. The summed E-state index contributed by atoms with van der Waals surface area (Å²) in [6.45, 7) is 1.00. The Bertz CT molecular complexity index is 673. The van der Waals surface area contributed by atoms with E-state index in [4.69, 9.17) is 16.7 Å². The largest absolute Gasteiger partial charge is 0.481 e. The van der Waals surface area contributed by atoms with Crippen LogP contribution in [0.1, 0.15) is 12.8 Å². The molecule has 0 aliphatic carbocycles. The maximum Gasteiger partial charge on any atom is 0.306 e. The summed E-state index contributed by atoms with van der Waals surface area (Å²) in [5.41, 5.74) is 0.392. The normalized spacial score (nSPS) is 15.8. The molecule has 2 rings (SSSR count). The lowest BCUT2D eigenvalue weighted by Crippen LogP contribution is -2.33. The smallest absolute Gasteiger partial charge is 0.306 e. The number of nitrogens with one attached hydrogen (secondary N) is 1. The number of amides is 1. The zero-order chi connectivity index (χ0) is 16.8. The molecule has 1 aliphatic rings. The van der Waals surface area contributed by atoms with E-state index in [9.17, 15) is 14.9 Å². The molecule has 1 aromatic rings. The highest BCUT2D eigenvalue weighted by atomic mass is 35.5. The second kappa shape index (κ2) is 7.65. The van der Waals surface area contributed by atoms with Crippen molar-refractivity contribution in [2.75, 3.05) is 18.4 Å². The lowest BCUT2D eigenvalue weighted by molar-refractivity contribution is -0.143. The molecule has 0 spiro atoms. The molecule has 0 aromatic heterocycles. The number of carboxylic acid groups (broad SMARTS) is 1. The summed E-state index contributed by atoms with van der Waals surface area (Å²) < 4.78 is 0. The highest BCUT2D eigenvalue weighted by molar-refractivity contribution is 6.33. The fourth-order valence-electron chi connectivity index (χ4n) is 2.35. The van der Waals surface area contributed by atoms with Gasteiger partial charge >= 0.3 is 5.97 Å². The minimum absolute atomic E-state index is 0.0429. The van der Waals surface area contributed by atoms with Crippen molar-refractivity contribution in [1.82, 2.24) is 4.90 Å².